The number of alkyl halides is 3. The van der Waals surface area contributed by atoms with Gasteiger partial charge in [-0.1, -0.05) is 6.07 Å². The summed E-state index contributed by atoms with van der Waals surface area (Å²) in [5.41, 5.74) is 8.58. The molecule has 0 spiro atoms. The van der Waals surface area contributed by atoms with Gasteiger partial charge in [0.1, 0.15) is 0 Å². The Hall–Kier alpha value is -2.64. The van der Waals surface area contributed by atoms with Gasteiger partial charge in [0, 0.05) is 6.20 Å². The normalized spacial score (nSPS) is 13.4. The molecule has 0 aliphatic carbocycles. The molecule has 0 aliphatic rings. The molecule has 0 bridgehead atoms. The molecular formula is C15H14F3N5. The molecule has 1 unspecified atom stereocenters. The zero-order valence-electron chi connectivity index (χ0n) is 12.5. The Morgan fingerprint density at radius 1 is 1.17 bits per heavy atom. The number of anilines is 1. The fraction of sp³-hybridized carbons (Fsp3) is 0.267. The summed E-state index contributed by atoms with van der Waals surface area (Å²) in [5, 5.41) is 4.13. The van der Waals surface area contributed by atoms with Crippen LogP contribution in [-0.4, -0.2) is 25.8 Å². The largest absolute Gasteiger partial charge is 0.395 e. The third kappa shape index (κ3) is 2.71. The van der Waals surface area contributed by atoms with Crippen LogP contribution in [0, 0.1) is 6.92 Å². The van der Waals surface area contributed by atoms with Gasteiger partial charge in [0.25, 0.3) is 0 Å². The van der Waals surface area contributed by atoms with Crippen molar-refractivity contribution in [3.63, 3.8) is 0 Å². The molecule has 0 aromatic carbocycles. The molecule has 0 saturated heterocycles. The lowest BCUT2D eigenvalue weighted by Gasteiger charge is -2.15. The Bertz CT molecular complexity index is 852. The summed E-state index contributed by atoms with van der Waals surface area (Å²) in [7, 11) is 0. The molecule has 3 heterocycles. The fourth-order valence-corrected chi connectivity index (χ4v) is 2.34. The van der Waals surface area contributed by atoms with Gasteiger partial charge in [-0.2, -0.15) is 13.2 Å². The van der Waals surface area contributed by atoms with Crippen molar-refractivity contribution >= 4 is 11.5 Å². The summed E-state index contributed by atoms with van der Waals surface area (Å²) in [6.07, 6.45) is -1.45. The highest BCUT2D eigenvalue weighted by Gasteiger charge is 2.37. The first-order valence-electron chi connectivity index (χ1n) is 6.91. The van der Waals surface area contributed by atoms with Crippen molar-refractivity contribution in [2.45, 2.75) is 25.9 Å². The molecule has 8 heteroatoms. The van der Waals surface area contributed by atoms with E-state index in [4.69, 9.17) is 5.73 Å². The molecule has 1 atom stereocenters. The van der Waals surface area contributed by atoms with Crippen LogP contribution < -0.4 is 5.73 Å². The number of hydrogen-bond acceptors (Lipinski definition) is 4. The van der Waals surface area contributed by atoms with Gasteiger partial charge in [-0.3, -0.25) is 4.98 Å². The van der Waals surface area contributed by atoms with E-state index < -0.39 is 12.1 Å². The van der Waals surface area contributed by atoms with E-state index in [2.05, 4.69) is 15.1 Å². The molecule has 3 aromatic heterocycles. The standard InChI is InChI=1S/C15H14F3N5/c1-8-5-12(23-13(8)7-21-14(19)22-23)11-4-3-10(6-20-11)9(2)15(16,17)18/h3-7,9H,1-2H3,(H2,19,22). The molecule has 0 aliphatic heterocycles. The predicted molar refractivity (Wildman–Crippen MR) is 79.8 cm³/mol. The molecule has 3 aromatic rings. The summed E-state index contributed by atoms with van der Waals surface area (Å²) in [6.45, 7) is 3.00. The fourth-order valence-electron chi connectivity index (χ4n) is 2.34. The van der Waals surface area contributed by atoms with Crippen molar-refractivity contribution < 1.29 is 13.2 Å². The second kappa shape index (κ2) is 5.22. The SMILES string of the molecule is Cc1cc(-c2ccc(C(C)C(F)(F)F)cn2)n2nc(N)ncc12. The molecule has 23 heavy (non-hydrogen) atoms. The maximum absolute atomic E-state index is 12.8. The molecular weight excluding hydrogens is 307 g/mol. The summed E-state index contributed by atoms with van der Waals surface area (Å²) >= 11 is 0. The molecule has 5 nitrogen and oxygen atoms in total. The minimum Gasteiger partial charge on any atom is -0.367 e. The van der Waals surface area contributed by atoms with Crippen LogP contribution in [0.1, 0.15) is 24.0 Å². The number of fused-ring (bicyclic) bond motifs is 1. The molecule has 0 amide bonds. The first-order chi connectivity index (χ1) is 10.8. The first-order valence-corrected chi connectivity index (χ1v) is 6.91. The van der Waals surface area contributed by atoms with Crippen LogP contribution in [-0.2, 0) is 0 Å². The number of aryl methyl sites for hydroxylation is 1. The van der Waals surface area contributed by atoms with Crippen molar-refractivity contribution in [3.05, 3.63) is 41.7 Å². The Morgan fingerprint density at radius 2 is 1.91 bits per heavy atom. The number of nitrogens with zero attached hydrogens (tertiary/aromatic N) is 4. The van der Waals surface area contributed by atoms with Gasteiger partial charge in [-0.15, -0.1) is 5.10 Å². The lowest BCUT2D eigenvalue weighted by atomic mass is 10.0. The van der Waals surface area contributed by atoms with Gasteiger partial charge in [-0.25, -0.2) is 9.50 Å². The Morgan fingerprint density at radius 3 is 2.52 bits per heavy atom. The van der Waals surface area contributed by atoms with Gasteiger partial charge < -0.3 is 5.73 Å². The van der Waals surface area contributed by atoms with Crippen LogP contribution in [0.25, 0.3) is 16.9 Å². The van der Waals surface area contributed by atoms with E-state index in [1.165, 1.54) is 12.3 Å². The number of pyridine rings is 1. The van der Waals surface area contributed by atoms with Crippen LogP contribution in [0.15, 0.2) is 30.6 Å². The number of rotatable bonds is 2. The van der Waals surface area contributed by atoms with Crippen LogP contribution in [0.2, 0.25) is 0 Å². The minimum absolute atomic E-state index is 0.108. The van der Waals surface area contributed by atoms with E-state index >= 15 is 0 Å². The van der Waals surface area contributed by atoms with Crippen LogP contribution >= 0.6 is 0 Å². The van der Waals surface area contributed by atoms with E-state index in [-0.39, 0.29) is 11.5 Å². The van der Waals surface area contributed by atoms with Gasteiger partial charge in [-0.05, 0) is 37.1 Å². The van der Waals surface area contributed by atoms with Gasteiger partial charge >= 0.3 is 6.18 Å². The topological polar surface area (TPSA) is 69.1 Å². The monoisotopic (exact) mass is 321 g/mol. The lowest BCUT2D eigenvalue weighted by Crippen LogP contribution is -2.17. The Kier molecular flexibility index (Phi) is 3.46. The number of halogens is 3. The quantitative estimate of drug-likeness (QED) is 0.786. The van der Waals surface area contributed by atoms with Crippen molar-refractivity contribution in [3.8, 4) is 11.4 Å². The van der Waals surface area contributed by atoms with Crippen molar-refractivity contribution in [1.29, 1.82) is 0 Å². The predicted octanol–water partition coefficient (Wildman–Crippen LogP) is 3.35. The van der Waals surface area contributed by atoms with E-state index in [0.717, 1.165) is 18.0 Å². The minimum atomic E-state index is -4.29. The first kappa shape index (κ1) is 15.3. The van der Waals surface area contributed by atoms with E-state index in [9.17, 15) is 13.2 Å². The van der Waals surface area contributed by atoms with Crippen LogP contribution in [0.4, 0.5) is 19.1 Å². The summed E-state index contributed by atoms with van der Waals surface area (Å²) in [6, 6.07) is 4.83. The van der Waals surface area contributed by atoms with E-state index in [1.807, 2.05) is 13.0 Å². The summed E-state index contributed by atoms with van der Waals surface area (Å²) in [5.74, 6) is -1.45. The molecule has 120 valence electrons. The molecule has 3 rings (SSSR count). The number of aromatic nitrogens is 4. The zero-order chi connectivity index (χ0) is 16.8. The highest BCUT2D eigenvalue weighted by molar-refractivity contribution is 5.67. The maximum Gasteiger partial charge on any atom is 0.395 e. The van der Waals surface area contributed by atoms with E-state index in [0.29, 0.717) is 11.4 Å². The third-order valence-electron chi connectivity index (χ3n) is 3.77. The highest BCUT2D eigenvalue weighted by Crippen LogP contribution is 2.34. The molecule has 2 N–H and O–H groups in total. The second-order valence-corrected chi connectivity index (χ2v) is 5.37. The zero-order valence-corrected chi connectivity index (χ0v) is 12.5. The van der Waals surface area contributed by atoms with Crippen molar-refractivity contribution in [1.82, 2.24) is 19.6 Å². The smallest absolute Gasteiger partial charge is 0.367 e. The summed E-state index contributed by atoms with van der Waals surface area (Å²) in [4.78, 5) is 8.09. The van der Waals surface area contributed by atoms with Crippen LogP contribution in [0.5, 0.6) is 0 Å². The van der Waals surface area contributed by atoms with Gasteiger partial charge in [0.15, 0.2) is 0 Å². The Balaban J connectivity index is 2.05. The number of nitrogen functional groups attached to an aromatic ring is 1. The maximum atomic E-state index is 12.8. The highest BCUT2D eigenvalue weighted by atomic mass is 19.4. The Labute approximate surface area is 130 Å². The lowest BCUT2D eigenvalue weighted by molar-refractivity contribution is -0.146. The van der Waals surface area contributed by atoms with Gasteiger partial charge in [0.05, 0.1) is 29.0 Å². The number of nitrogens with two attached hydrogens (primary N) is 1. The number of hydrogen-bond donors (Lipinski definition) is 1. The third-order valence-corrected chi connectivity index (χ3v) is 3.77. The molecule has 0 fully saturated rings. The second-order valence-electron chi connectivity index (χ2n) is 5.37. The van der Waals surface area contributed by atoms with E-state index in [1.54, 1.807) is 16.8 Å². The molecule has 0 radical (unpaired) electrons. The van der Waals surface area contributed by atoms with Crippen LogP contribution in [0.3, 0.4) is 0 Å². The average Bonchev–Trinajstić information content (AvgIpc) is 2.82. The average molecular weight is 321 g/mol. The van der Waals surface area contributed by atoms with Crippen molar-refractivity contribution in [2.24, 2.45) is 0 Å². The summed E-state index contributed by atoms with van der Waals surface area (Å²) < 4.78 is 39.8. The van der Waals surface area contributed by atoms with Gasteiger partial charge in [0.2, 0.25) is 5.95 Å². The van der Waals surface area contributed by atoms with Crippen molar-refractivity contribution in [2.75, 3.05) is 5.73 Å². The molecule has 0 saturated carbocycles.